The van der Waals surface area contributed by atoms with Gasteiger partial charge in [-0.05, 0) is 50.8 Å². The molecule has 0 fully saturated rings. The van der Waals surface area contributed by atoms with Crippen LogP contribution in [-0.2, 0) is 11.2 Å². The third kappa shape index (κ3) is 11.3. The molecule has 2 N–H and O–H groups in total. The van der Waals surface area contributed by atoms with E-state index >= 15 is 0 Å². The zero-order valence-electron chi connectivity index (χ0n) is 20.1. The molecule has 8 nitrogen and oxygen atoms in total. The number of carbonyl (C=O) groups excluding carboxylic acids is 1. The average molecular weight is 550 g/mol. The predicted octanol–water partition coefficient (Wildman–Crippen LogP) is 3.53. The number of guanidine groups is 1. The molecule has 0 aromatic heterocycles. The zero-order valence-corrected chi connectivity index (χ0v) is 22.4. The van der Waals surface area contributed by atoms with Crippen molar-refractivity contribution in [1.29, 1.82) is 0 Å². The van der Waals surface area contributed by atoms with Crippen molar-refractivity contribution in [3.63, 3.8) is 0 Å². The quantitative estimate of drug-likeness (QED) is 0.278. The van der Waals surface area contributed by atoms with Gasteiger partial charge < -0.3 is 29.7 Å². The summed E-state index contributed by atoms with van der Waals surface area (Å²) in [4.78, 5) is 17.9. The summed E-state index contributed by atoms with van der Waals surface area (Å²) >= 11 is 0. The van der Waals surface area contributed by atoms with Gasteiger partial charge >= 0.3 is 6.09 Å². The number of hydrogen-bond donors (Lipinski definition) is 2. The second kappa shape index (κ2) is 14.2. The number of methoxy groups -OCH3 is 2. The summed E-state index contributed by atoms with van der Waals surface area (Å²) < 4.78 is 16.0. The van der Waals surface area contributed by atoms with E-state index in [1.807, 2.05) is 39.0 Å². The fraction of sp³-hybridized carbons (Fsp3) is 0.636. The van der Waals surface area contributed by atoms with Crippen molar-refractivity contribution in [2.75, 3.05) is 47.9 Å². The van der Waals surface area contributed by atoms with Gasteiger partial charge in [0.2, 0.25) is 0 Å². The smallest absolute Gasteiger partial charge is 0.410 e. The Bertz CT molecular complexity index is 707. The van der Waals surface area contributed by atoms with E-state index in [0.29, 0.717) is 13.1 Å². The summed E-state index contributed by atoms with van der Waals surface area (Å²) in [7, 11) is 6.75. The van der Waals surface area contributed by atoms with E-state index in [-0.39, 0.29) is 36.0 Å². The molecule has 0 saturated heterocycles. The van der Waals surface area contributed by atoms with Crippen LogP contribution in [0, 0.1) is 5.92 Å². The minimum absolute atomic E-state index is 0. The first-order valence-electron chi connectivity index (χ1n) is 10.2. The number of rotatable bonds is 9. The maximum Gasteiger partial charge on any atom is 0.410 e. The van der Waals surface area contributed by atoms with Gasteiger partial charge in [0.1, 0.15) is 5.60 Å². The number of halogens is 1. The lowest BCUT2D eigenvalue weighted by Crippen LogP contribution is -2.43. The number of aliphatic imine (C=N–C) groups is 1. The van der Waals surface area contributed by atoms with Gasteiger partial charge in [-0.2, -0.15) is 0 Å². The van der Waals surface area contributed by atoms with E-state index in [1.165, 1.54) is 0 Å². The number of nitrogens with zero attached hydrogens (tertiary/aromatic N) is 2. The summed E-state index contributed by atoms with van der Waals surface area (Å²) in [5, 5.41) is 6.61. The first-order chi connectivity index (χ1) is 14.1. The molecule has 0 spiro atoms. The Morgan fingerprint density at radius 1 is 1.16 bits per heavy atom. The SMILES string of the molecule is CN=C(NCCc1ccc(OC)c(OC)c1)NCC(C)CN(C)C(=O)OC(C)(C)C.I. The molecule has 1 unspecified atom stereocenters. The number of nitrogens with one attached hydrogen (secondary N) is 2. The van der Waals surface area contributed by atoms with Gasteiger partial charge in [-0.1, -0.05) is 13.0 Å². The lowest BCUT2D eigenvalue weighted by atomic mass is 10.1. The van der Waals surface area contributed by atoms with Gasteiger partial charge in [0.05, 0.1) is 14.2 Å². The van der Waals surface area contributed by atoms with Crippen LogP contribution in [0.4, 0.5) is 4.79 Å². The number of benzene rings is 1. The Morgan fingerprint density at radius 2 is 1.81 bits per heavy atom. The van der Waals surface area contributed by atoms with Crippen molar-refractivity contribution in [3.05, 3.63) is 23.8 Å². The summed E-state index contributed by atoms with van der Waals surface area (Å²) in [6.07, 6.45) is 0.504. The normalized spacial score (nSPS) is 12.3. The highest BCUT2D eigenvalue weighted by Gasteiger charge is 2.20. The summed E-state index contributed by atoms with van der Waals surface area (Å²) in [5.74, 6) is 2.40. The Morgan fingerprint density at radius 3 is 2.35 bits per heavy atom. The molecular formula is C22H39IN4O4. The second-order valence-corrected chi connectivity index (χ2v) is 8.29. The molecule has 9 heteroatoms. The second-order valence-electron chi connectivity index (χ2n) is 8.29. The molecule has 0 bridgehead atoms. The van der Waals surface area contributed by atoms with Crippen LogP contribution in [0.3, 0.4) is 0 Å². The Kier molecular flexibility index (Phi) is 13.3. The van der Waals surface area contributed by atoms with Crippen molar-refractivity contribution >= 4 is 36.0 Å². The van der Waals surface area contributed by atoms with Crippen LogP contribution in [-0.4, -0.2) is 70.5 Å². The van der Waals surface area contributed by atoms with Crippen LogP contribution in [0.25, 0.3) is 0 Å². The Hall–Kier alpha value is -1.91. The zero-order chi connectivity index (χ0) is 22.7. The molecule has 0 saturated carbocycles. The average Bonchev–Trinajstić information content (AvgIpc) is 2.68. The predicted molar refractivity (Wildman–Crippen MR) is 136 cm³/mol. The lowest BCUT2D eigenvalue weighted by molar-refractivity contribution is 0.0278. The summed E-state index contributed by atoms with van der Waals surface area (Å²) in [6, 6.07) is 5.91. The molecule has 1 aromatic carbocycles. The van der Waals surface area contributed by atoms with Gasteiger partial charge in [0, 0.05) is 33.7 Å². The van der Waals surface area contributed by atoms with E-state index in [2.05, 4.69) is 22.5 Å². The topological polar surface area (TPSA) is 84.4 Å². The number of amides is 1. The molecule has 0 heterocycles. The molecule has 1 atom stereocenters. The van der Waals surface area contributed by atoms with Crippen LogP contribution in [0.2, 0.25) is 0 Å². The maximum atomic E-state index is 12.1. The highest BCUT2D eigenvalue weighted by molar-refractivity contribution is 14.0. The van der Waals surface area contributed by atoms with E-state index in [4.69, 9.17) is 14.2 Å². The molecule has 0 radical (unpaired) electrons. The minimum Gasteiger partial charge on any atom is -0.493 e. The number of hydrogen-bond acceptors (Lipinski definition) is 5. The molecule has 178 valence electrons. The molecular weight excluding hydrogens is 511 g/mol. The minimum atomic E-state index is -0.493. The molecule has 1 amide bonds. The van der Waals surface area contributed by atoms with Crippen LogP contribution in [0.15, 0.2) is 23.2 Å². The largest absolute Gasteiger partial charge is 0.493 e. The first kappa shape index (κ1) is 29.1. The molecule has 0 aliphatic heterocycles. The van der Waals surface area contributed by atoms with Crippen LogP contribution >= 0.6 is 24.0 Å². The molecule has 0 aliphatic rings. The first-order valence-corrected chi connectivity index (χ1v) is 10.2. The van der Waals surface area contributed by atoms with Crippen molar-refractivity contribution in [1.82, 2.24) is 15.5 Å². The Labute approximate surface area is 204 Å². The summed E-state index contributed by atoms with van der Waals surface area (Å²) in [5.41, 5.74) is 0.648. The lowest BCUT2D eigenvalue weighted by Gasteiger charge is -2.26. The number of carbonyl (C=O) groups is 1. The van der Waals surface area contributed by atoms with Gasteiger partial charge in [-0.3, -0.25) is 4.99 Å². The monoisotopic (exact) mass is 550 g/mol. The highest BCUT2D eigenvalue weighted by atomic mass is 127. The molecule has 1 rings (SSSR count). The van der Waals surface area contributed by atoms with Crippen molar-refractivity contribution in [2.24, 2.45) is 10.9 Å². The van der Waals surface area contributed by atoms with E-state index in [1.54, 1.807) is 33.2 Å². The molecule has 1 aromatic rings. The number of ether oxygens (including phenoxy) is 3. The fourth-order valence-corrected chi connectivity index (χ4v) is 2.80. The van der Waals surface area contributed by atoms with E-state index in [0.717, 1.165) is 36.0 Å². The van der Waals surface area contributed by atoms with Crippen LogP contribution in [0.5, 0.6) is 11.5 Å². The van der Waals surface area contributed by atoms with Crippen molar-refractivity contribution < 1.29 is 19.0 Å². The Balaban J connectivity index is 0.00000900. The van der Waals surface area contributed by atoms with E-state index in [9.17, 15) is 4.79 Å². The van der Waals surface area contributed by atoms with Gasteiger partial charge in [0.15, 0.2) is 17.5 Å². The third-order valence-electron chi connectivity index (χ3n) is 4.29. The fourth-order valence-electron chi connectivity index (χ4n) is 2.80. The van der Waals surface area contributed by atoms with Gasteiger partial charge in [0.25, 0.3) is 0 Å². The standard InChI is InChI=1S/C22H38N4O4.HI/c1-16(15-26(6)21(27)30-22(2,3)4)14-25-20(23-5)24-12-11-17-9-10-18(28-7)19(13-17)29-8;/h9-10,13,16H,11-12,14-15H2,1-8H3,(H2,23,24,25);1H. The highest BCUT2D eigenvalue weighted by Crippen LogP contribution is 2.27. The molecule has 31 heavy (non-hydrogen) atoms. The summed E-state index contributed by atoms with van der Waals surface area (Å²) in [6.45, 7) is 9.66. The maximum absolute atomic E-state index is 12.1. The molecule has 0 aliphatic carbocycles. The van der Waals surface area contributed by atoms with Gasteiger partial charge in [-0.15, -0.1) is 24.0 Å². The van der Waals surface area contributed by atoms with Crippen molar-refractivity contribution in [3.8, 4) is 11.5 Å². The van der Waals surface area contributed by atoms with Crippen LogP contribution in [0.1, 0.15) is 33.3 Å². The third-order valence-corrected chi connectivity index (χ3v) is 4.29. The van der Waals surface area contributed by atoms with E-state index < -0.39 is 5.60 Å². The van der Waals surface area contributed by atoms with Crippen LogP contribution < -0.4 is 20.1 Å². The van der Waals surface area contributed by atoms with Gasteiger partial charge in [-0.25, -0.2) is 4.79 Å². The van der Waals surface area contributed by atoms with Crippen molar-refractivity contribution in [2.45, 2.75) is 39.7 Å².